The minimum atomic E-state index is -0.191. The van der Waals surface area contributed by atoms with Crippen LogP contribution in [0.25, 0.3) is 17.2 Å². The van der Waals surface area contributed by atoms with Gasteiger partial charge in [-0.2, -0.15) is 0 Å². The molecule has 1 aromatic heterocycles. The van der Waals surface area contributed by atoms with Crippen molar-refractivity contribution < 1.29 is 19.0 Å². The normalized spacial score (nSPS) is 14.7. The van der Waals surface area contributed by atoms with Crippen LogP contribution in [0.2, 0.25) is 5.02 Å². The van der Waals surface area contributed by atoms with E-state index in [2.05, 4.69) is 10.3 Å². The molecular weight excluding hydrogens is 428 g/mol. The molecule has 0 aliphatic carbocycles. The number of halogens is 1. The molecule has 0 spiro atoms. The van der Waals surface area contributed by atoms with Crippen molar-refractivity contribution >= 4 is 23.6 Å². The summed E-state index contributed by atoms with van der Waals surface area (Å²) < 4.78 is 16.9. The number of hydrogen-bond donors (Lipinski definition) is 1. The SMILES string of the molecule is COc1ccc(OC)c(-c2cc(Cl)c3c(c2)CC(CNC(=O)C=Cc2ccncc2)O3)c1. The molecule has 0 bridgehead atoms. The van der Waals surface area contributed by atoms with Crippen LogP contribution in [0.3, 0.4) is 0 Å². The molecule has 164 valence electrons. The first-order valence-corrected chi connectivity index (χ1v) is 10.5. The van der Waals surface area contributed by atoms with Gasteiger partial charge in [0.25, 0.3) is 0 Å². The van der Waals surface area contributed by atoms with Gasteiger partial charge >= 0.3 is 0 Å². The van der Waals surface area contributed by atoms with Crippen LogP contribution in [0.5, 0.6) is 17.2 Å². The predicted octanol–water partition coefficient (Wildman–Crippen LogP) is 4.55. The molecule has 32 heavy (non-hydrogen) atoms. The average Bonchev–Trinajstić information content (AvgIpc) is 3.25. The largest absolute Gasteiger partial charge is 0.497 e. The molecule has 7 heteroatoms. The molecular formula is C25H23ClN2O4. The van der Waals surface area contributed by atoms with Crippen molar-refractivity contribution in [3.05, 3.63) is 77.1 Å². The van der Waals surface area contributed by atoms with E-state index >= 15 is 0 Å². The number of methoxy groups -OCH3 is 2. The third-order valence-corrected chi connectivity index (χ3v) is 5.49. The number of carbonyl (C=O) groups excluding carboxylic acids is 1. The number of aromatic nitrogens is 1. The standard InChI is InChI=1S/C25H23ClN2O4/c1-30-19-4-5-23(31-2)21(14-19)17-11-18-12-20(32-25(18)22(26)13-17)15-28-24(29)6-3-16-7-9-27-10-8-16/h3-11,13-14,20H,12,15H2,1-2H3,(H,28,29). The van der Waals surface area contributed by atoms with Crippen molar-refractivity contribution in [2.24, 2.45) is 0 Å². The molecule has 4 rings (SSSR count). The molecule has 0 saturated carbocycles. The first kappa shape index (κ1) is 21.7. The second kappa shape index (κ2) is 9.75. The van der Waals surface area contributed by atoms with Gasteiger partial charge < -0.3 is 19.5 Å². The van der Waals surface area contributed by atoms with Crippen LogP contribution in [0.1, 0.15) is 11.1 Å². The van der Waals surface area contributed by atoms with Crippen molar-refractivity contribution in [3.63, 3.8) is 0 Å². The van der Waals surface area contributed by atoms with Crippen LogP contribution in [0, 0.1) is 0 Å². The van der Waals surface area contributed by atoms with E-state index in [1.165, 1.54) is 6.08 Å². The summed E-state index contributed by atoms with van der Waals surface area (Å²) in [5.41, 5.74) is 3.70. The van der Waals surface area contributed by atoms with Gasteiger partial charge in [-0.3, -0.25) is 9.78 Å². The highest BCUT2D eigenvalue weighted by Gasteiger charge is 2.26. The monoisotopic (exact) mass is 450 g/mol. The van der Waals surface area contributed by atoms with Crippen LogP contribution in [-0.2, 0) is 11.2 Å². The fourth-order valence-corrected chi connectivity index (χ4v) is 3.90. The zero-order chi connectivity index (χ0) is 22.5. The Morgan fingerprint density at radius 3 is 2.75 bits per heavy atom. The molecule has 6 nitrogen and oxygen atoms in total. The second-order valence-electron chi connectivity index (χ2n) is 7.32. The molecule has 0 radical (unpaired) electrons. The van der Waals surface area contributed by atoms with E-state index in [-0.39, 0.29) is 12.0 Å². The molecule has 2 aromatic carbocycles. The summed E-state index contributed by atoms with van der Waals surface area (Å²) in [6, 6.07) is 13.2. The number of pyridine rings is 1. The van der Waals surface area contributed by atoms with E-state index in [1.54, 1.807) is 32.7 Å². The van der Waals surface area contributed by atoms with Crippen molar-refractivity contribution in [2.45, 2.75) is 12.5 Å². The average molecular weight is 451 g/mol. The maximum absolute atomic E-state index is 12.2. The van der Waals surface area contributed by atoms with Crippen molar-refractivity contribution in [1.82, 2.24) is 10.3 Å². The highest BCUT2D eigenvalue weighted by Crippen LogP contribution is 2.42. The van der Waals surface area contributed by atoms with E-state index in [0.717, 1.165) is 33.8 Å². The van der Waals surface area contributed by atoms with Gasteiger partial charge in [0, 0.05) is 36.0 Å². The number of hydrogen-bond acceptors (Lipinski definition) is 5. The fraction of sp³-hybridized carbons (Fsp3) is 0.200. The second-order valence-corrected chi connectivity index (χ2v) is 7.72. The maximum Gasteiger partial charge on any atom is 0.244 e. The number of nitrogens with zero attached hydrogens (tertiary/aromatic N) is 1. The van der Waals surface area contributed by atoms with Crippen LogP contribution in [0.15, 0.2) is 60.9 Å². The van der Waals surface area contributed by atoms with Crippen molar-refractivity contribution in [2.75, 3.05) is 20.8 Å². The third kappa shape index (κ3) is 4.86. The van der Waals surface area contributed by atoms with E-state index in [9.17, 15) is 4.79 Å². The van der Waals surface area contributed by atoms with Gasteiger partial charge in [-0.1, -0.05) is 11.6 Å². The number of rotatable bonds is 7. The molecule has 1 atom stereocenters. The highest BCUT2D eigenvalue weighted by atomic mass is 35.5. The van der Waals surface area contributed by atoms with Crippen molar-refractivity contribution in [1.29, 1.82) is 0 Å². The lowest BCUT2D eigenvalue weighted by atomic mass is 9.99. The molecule has 1 amide bonds. The molecule has 2 heterocycles. The number of nitrogens with one attached hydrogen (secondary N) is 1. The third-order valence-electron chi connectivity index (χ3n) is 5.21. The van der Waals surface area contributed by atoms with E-state index in [1.807, 2.05) is 42.5 Å². The Bertz CT molecular complexity index is 1150. The predicted molar refractivity (Wildman–Crippen MR) is 124 cm³/mol. The summed E-state index contributed by atoms with van der Waals surface area (Å²) in [6.45, 7) is 0.377. The van der Waals surface area contributed by atoms with Gasteiger partial charge in [-0.25, -0.2) is 0 Å². The van der Waals surface area contributed by atoms with Crippen LogP contribution < -0.4 is 19.5 Å². The van der Waals surface area contributed by atoms with Gasteiger partial charge in [0.1, 0.15) is 23.4 Å². The minimum Gasteiger partial charge on any atom is -0.497 e. The van der Waals surface area contributed by atoms with E-state index in [0.29, 0.717) is 23.7 Å². The van der Waals surface area contributed by atoms with E-state index in [4.69, 9.17) is 25.8 Å². The molecule has 3 aromatic rings. The lowest BCUT2D eigenvalue weighted by Crippen LogP contribution is -2.33. The summed E-state index contributed by atoms with van der Waals surface area (Å²) in [4.78, 5) is 16.1. The van der Waals surface area contributed by atoms with Gasteiger partial charge in [0.15, 0.2) is 0 Å². The Labute approximate surface area is 191 Å². The first-order chi connectivity index (χ1) is 15.6. The summed E-state index contributed by atoms with van der Waals surface area (Å²) in [5.74, 6) is 1.93. The summed E-state index contributed by atoms with van der Waals surface area (Å²) in [6.07, 6.45) is 7.05. The van der Waals surface area contributed by atoms with Crippen LogP contribution >= 0.6 is 11.6 Å². The number of benzene rings is 2. The molecule has 1 aliphatic heterocycles. The van der Waals surface area contributed by atoms with Gasteiger partial charge in [-0.15, -0.1) is 0 Å². The Morgan fingerprint density at radius 1 is 1.19 bits per heavy atom. The summed E-state index contributed by atoms with van der Waals surface area (Å²) in [7, 11) is 3.26. The van der Waals surface area contributed by atoms with Gasteiger partial charge in [-0.05, 0) is 59.7 Å². The number of carbonyl (C=O) groups is 1. The van der Waals surface area contributed by atoms with Crippen LogP contribution in [-0.4, -0.2) is 37.8 Å². The number of fused-ring (bicyclic) bond motifs is 1. The molecule has 1 unspecified atom stereocenters. The van der Waals surface area contributed by atoms with Gasteiger partial charge in [0.2, 0.25) is 5.91 Å². The van der Waals surface area contributed by atoms with Gasteiger partial charge in [0.05, 0.1) is 25.8 Å². The molecule has 1 aliphatic rings. The van der Waals surface area contributed by atoms with Crippen molar-refractivity contribution in [3.8, 4) is 28.4 Å². The summed E-state index contributed by atoms with van der Waals surface area (Å²) in [5, 5.41) is 3.40. The topological polar surface area (TPSA) is 69.7 Å². The fourth-order valence-electron chi connectivity index (χ4n) is 3.62. The Hall–Kier alpha value is -3.51. The lowest BCUT2D eigenvalue weighted by Gasteiger charge is -2.13. The summed E-state index contributed by atoms with van der Waals surface area (Å²) >= 11 is 6.54. The molecule has 0 saturated heterocycles. The van der Waals surface area contributed by atoms with E-state index < -0.39 is 0 Å². The Morgan fingerprint density at radius 2 is 2.00 bits per heavy atom. The highest BCUT2D eigenvalue weighted by molar-refractivity contribution is 6.32. The minimum absolute atomic E-state index is 0.186. The maximum atomic E-state index is 12.2. The number of amides is 1. The Kier molecular flexibility index (Phi) is 6.61. The molecule has 1 N–H and O–H groups in total. The lowest BCUT2D eigenvalue weighted by molar-refractivity contribution is -0.116. The van der Waals surface area contributed by atoms with Crippen LogP contribution in [0.4, 0.5) is 0 Å². The smallest absolute Gasteiger partial charge is 0.244 e. The zero-order valence-corrected chi connectivity index (χ0v) is 18.6. The Balaban J connectivity index is 1.45. The quantitative estimate of drug-likeness (QED) is 0.535. The first-order valence-electron chi connectivity index (χ1n) is 10.1. The molecule has 0 fully saturated rings. The number of ether oxygens (including phenoxy) is 3. The zero-order valence-electron chi connectivity index (χ0n) is 17.8.